The minimum Gasteiger partial charge on any atom is -0.469 e. The normalized spacial score (nSPS) is 14.4. The van der Waals surface area contributed by atoms with Crippen molar-refractivity contribution in [1.29, 1.82) is 0 Å². The topological polar surface area (TPSA) is 46.5 Å². The molecule has 0 radical (unpaired) electrons. The van der Waals surface area contributed by atoms with Crippen LogP contribution in [0.5, 0.6) is 0 Å². The zero-order valence-corrected chi connectivity index (χ0v) is 10.2. The van der Waals surface area contributed by atoms with Gasteiger partial charge in [0.2, 0.25) is 0 Å². The van der Waals surface area contributed by atoms with Crippen LogP contribution in [0.15, 0.2) is 28.7 Å². The number of methoxy groups -OCH3 is 1. The SMILES string of the molecule is COC(=O)[C@@H](C)[C@H](O)c1ccc(Br)cc1. The molecule has 0 fully saturated rings. The number of aliphatic hydroxyl groups is 1. The Balaban J connectivity index is 2.80. The van der Waals surface area contributed by atoms with Crippen molar-refractivity contribution in [3.05, 3.63) is 34.3 Å². The first-order chi connectivity index (χ1) is 7.06. The van der Waals surface area contributed by atoms with E-state index in [9.17, 15) is 9.90 Å². The number of benzene rings is 1. The first kappa shape index (κ1) is 12.2. The summed E-state index contributed by atoms with van der Waals surface area (Å²) < 4.78 is 5.50. The van der Waals surface area contributed by atoms with E-state index in [1.54, 1.807) is 19.1 Å². The van der Waals surface area contributed by atoms with E-state index in [0.717, 1.165) is 4.47 Å². The van der Waals surface area contributed by atoms with Gasteiger partial charge in [-0.1, -0.05) is 28.1 Å². The van der Waals surface area contributed by atoms with Crippen LogP contribution in [0.1, 0.15) is 18.6 Å². The highest BCUT2D eigenvalue weighted by Gasteiger charge is 2.23. The molecule has 0 unspecified atom stereocenters. The largest absolute Gasteiger partial charge is 0.469 e. The maximum absolute atomic E-state index is 11.2. The van der Waals surface area contributed by atoms with Crippen molar-refractivity contribution in [1.82, 2.24) is 0 Å². The third-order valence-corrected chi connectivity index (χ3v) is 2.79. The Morgan fingerprint density at radius 3 is 2.40 bits per heavy atom. The molecule has 1 N–H and O–H groups in total. The van der Waals surface area contributed by atoms with Gasteiger partial charge in [-0.25, -0.2) is 0 Å². The predicted molar refractivity (Wildman–Crippen MR) is 60.3 cm³/mol. The summed E-state index contributed by atoms with van der Waals surface area (Å²) in [7, 11) is 1.31. The monoisotopic (exact) mass is 272 g/mol. The fraction of sp³-hybridized carbons (Fsp3) is 0.364. The molecule has 1 aromatic carbocycles. The summed E-state index contributed by atoms with van der Waals surface area (Å²) in [5.74, 6) is -0.971. The molecular weight excluding hydrogens is 260 g/mol. The lowest BCUT2D eigenvalue weighted by atomic mass is 9.98. The van der Waals surface area contributed by atoms with Crippen molar-refractivity contribution in [2.75, 3.05) is 7.11 Å². The number of hydrogen-bond donors (Lipinski definition) is 1. The molecule has 15 heavy (non-hydrogen) atoms. The van der Waals surface area contributed by atoms with Crippen LogP contribution in [0.25, 0.3) is 0 Å². The van der Waals surface area contributed by atoms with Crippen LogP contribution in [0, 0.1) is 5.92 Å². The molecule has 0 aliphatic carbocycles. The minimum atomic E-state index is -0.828. The van der Waals surface area contributed by atoms with Gasteiger partial charge in [0.15, 0.2) is 0 Å². The summed E-state index contributed by atoms with van der Waals surface area (Å²) in [6.45, 7) is 1.64. The van der Waals surface area contributed by atoms with Gasteiger partial charge in [0.05, 0.1) is 19.1 Å². The molecule has 0 aliphatic heterocycles. The van der Waals surface area contributed by atoms with E-state index < -0.39 is 18.0 Å². The molecule has 82 valence electrons. The Morgan fingerprint density at radius 2 is 1.93 bits per heavy atom. The average Bonchev–Trinajstić information content (AvgIpc) is 2.27. The number of esters is 1. The average molecular weight is 273 g/mol. The first-order valence-electron chi connectivity index (χ1n) is 4.57. The Kier molecular flexibility index (Phi) is 4.29. The molecule has 4 heteroatoms. The van der Waals surface area contributed by atoms with Crippen LogP contribution >= 0.6 is 15.9 Å². The molecule has 3 nitrogen and oxygen atoms in total. The van der Waals surface area contributed by atoms with Gasteiger partial charge < -0.3 is 9.84 Å². The maximum Gasteiger partial charge on any atom is 0.311 e. The highest BCUT2D eigenvalue weighted by molar-refractivity contribution is 9.10. The fourth-order valence-corrected chi connectivity index (χ4v) is 1.53. The fourth-order valence-electron chi connectivity index (χ4n) is 1.26. The van der Waals surface area contributed by atoms with Gasteiger partial charge in [-0.15, -0.1) is 0 Å². The van der Waals surface area contributed by atoms with E-state index in [2.05, 4.69) is 20.7 Å². The molecule has 0 saturated carbocycles. The Bertz CT molecular complexity index is 334. The van der Waals surface area contributed by atoms with Crippen LogP contribution in [0.4, 0.5) is 0 Å². The van der Waals surface area contributed by atoms with Crippen molar-refractivity contribution in [3.8, 4) is 0 Å². The van der Waals surface area contributed by atoms with E-state index in [0.29, 0.717) is 5.56 Å². The summed E-state index contributed by atoms with van der Waals surface area (Å²) in [6.07, 6.45) is -0.828. The summed E-state index contributed by atoms with van der Waals surface area (Å²) in [5, 5.41) is 9.87. The number of halogens is 1. The molecule has 0 saturated heterocycles. The number of hydrogen-bond acceptors (Lipinski definition) is 3. The van der Waals surface area contributed by atoms with Gasteiger partial charge >= 0.3 is 5.97 Å². The van der Waals surface area contributed by atoms with E-state index >= 15 is 0 Å². The van der Waals surface area contributed by atoms with Crippen LogP contribution in [-0.2, 0) is 9.53 Å². The van der Waals surface area contributed by atoms with Crippen LogP contribution < -0.4 is 0 Å². The predicted octanol–water partition coefficient (Wildman–Crippen LogP) is 2.29. The molecule has 1 rings (SSSR count). The van der Waals surface area contributed by atoms with E-state index in [4.69, 9.17) is 0 Å². The Labute approximate surface area is 97.2 Å². The second kappa shape index (κ2) is 5.28. The lowest BCUT2D eigenvalue weighted by molar-refractivity contribution is -0.148. The first-order valence-corrected chi connectivity index (χ1v) is 5.37. The molecule has 2 atom stereocenters. The van der Waals surface area contributed by atoms with Crippen LogP contribution in [0.2, 0.25) is 0 Å². The molecule has 0 bridgehead atoms. The lowest BCUT2D eigenvalue weighted by Crippen LogP contribution is -2.20. The smallest absolute Gasteiger partial charge is 0.311 e. The summed E-state index contributed by atoms with van der Waals surface area (Å²) in [4.78, 5) is 11.2. The summed E-state index contributed by atoms with van der Waals surface area (Å²) in [6, 6.07) is 7.19. The molecule has 0 aromatic heterocycles. The second-order valence-corrected chi connectivity index (χ2v) is 4.22. The molecule has 0 amide bonds. The number of ether oxygens (including phenoxy) is 1. The van der Waals surface area contributed by atoms with E-state index in [1.165, 1.54) is 7.11 Å². The van der Waals surface area contributed by atoms with Gasteiger partial charge in [-0.2, -0.15) is 0 Å². The Hall–Kier alpha value is -0.870. The molecule has 0 aliphatic rings. The standard InChI is InChI=1S/C11H13BrO3/c1-7(11(14)15-2)10(13)8-3-5-9(12)6-4-8/h3-7,10,13H,1-2H3/t7-,10-/m0/s1. The molecule has 1 aromatic rings. The van der Waals surface area contributed by atoms with Gasteiger partial charge in [0.25, 0.3) is 0 Å². The van der Waals surface area contributed by atoms with Crippen molar-refractivity contribution < 1.29 is 14.6 Å². The van der Waals surface area contributed by atoms with Crippen molar-refractivity contribution in [2.45, 2.75) is 13.0 Å². The van der Waals surface area contributed by atoms with Gasteiger partial charge in [-0.05, 0) is 24.6 Å². The molecule has 0 heterocycles. The van der Waals surface area contributed by atoms with Crippen LogP contribution in [0.3, 0.4) is 0 Å². The van der Waals surface area contributed by atoms with Crippen molar-refractivity contribution in [3.63, 3.8) is 0 Å². The molecule has 0 spiro atoms. The van der Waals surface area contributed by atoms with Gasteiger partial charge in [0, 0.05) is 4.47 Å². The third kappa shape index (κ3) is 3.04. The van der Waals surface area contributed by atoms with Crippen molar-refractivity contribution >= 4 is 21.9 Å². The maximum atomic E-state index is 11.2. The number of carbonyl (C=O) groups excluding carboxylic acids is 1. The second-order valence-electron chi connectivity index (χ2n) is 3.31. The Morgan fingerprint density at radius 1 is 1.40 bits per heavy atom. The number of rotatable bonds is 3. The summed E-state index contributed by atoms with van der Waals surface area (Å²) in [5.41, 5.74) is 0.705. The number of carbonyl (C=O) groups is 1. The van der Waals surface area contributed by atoms with Gasteiger partial charge in [0.1, 0.15) is 0 Å². The van der Waals surface area contributed by atoms with E-state index in [-0.39, 0.29) is 0 Å². The van der Waals surface area contributed by atoms with Gasteiger partial charge in [-0.3, -0.25) is 4.79 Å². The highest BCUT2D eigenvalue weighted by Crippen LogP contribution is 2.24. The van der Waals surface area contributed by atoms with Crippen LogP contribution in [-0.4, -0.2) is 18.2 Å². The van der Waals surface area contributed by atoms with Crippen molar-refractivity contribution in [2.24, 2.45) is 5.92 Å². The zero-order valence-electron chi connectivity index (χ0n) is 8.61. The van der Waals surface area contributed by atoms with E-state index in [1.807, 2.05) is 12.1 Å². The third-order valence-electron chi connectivity index (χ3n) is 2.26. The highest BCUT2D eigenvalue weighted by atomic mass is 79.9. The number of aliphatic hydroxyl groups excluding tert-OH is 1. The summed E-state index contributed by atoms with van der Waals surface area (Å²) >= 11 is 3.30. The molecular formula is C11H13BrO3. The zero-order chi connectivity index (χ0) is 11.4. The minimum absolute atomic E-state index is 0.412. The lowest BCUT2D eigenvalue weighted by Gasteiger charge is -2.16. The quantitative estimate of drug-likeness (QED) is 0.859.